The van der Waals surface area contributed by atoms with E-state index in [4.69, 9.17) is 10.5 Å². The maximum Gasteiger partial charge on any atom is 0.255 e. The van der Waals surface area contributed by atoms with E-state index < -0.39 is 0 Å². The molecule has 0 aromatic heterocycles. The van der Waals surface area contributed by atoms with Crippen LogP contribution in [0.15, 0.2) is 48.5 Å². The van der Waals surface area contributed by atoms with E-state index in [9.17, 15) is 9.59 Å². The van der Waals surface area contributed by atoms with Crippen molar-refractivity contribution in [3.63, 3.8) is 0 Å². The summed E-state index contributed by atoms with van der Waals surface area (Å²) in [5.41, 5.74) is 8.12. The molecule has 2 aromatic carbocycles. The van der Waals surface area contributed by atoms with Crippen molar-refractivity contribution in [1.82, 2.24) is 5.32 Å². The number of anilines is 1. The Kier molecular flexibility index (Phi) is 7.79. The summed E-state index contributed by atoms with van der Waals surface area (Å²) in [5, 5.41) is 5.64. The van der Waals surface area contributed by atoms with E-state index in [0.29, 0.717) is 43.1 Å². The zero-order valence-corrected chi connectivity index (χ0v) is 15.0. The highest BCUT2D eigenvalue weighted by molar-refractivity contribution is 6.05. The van der Waals surface area contributed by atoms with E-state index in [1.54, 1.807) is 36.4 Å². The molecule has 2 aromatic rings. The maximum absolute atomic E-state index is 12.3. The summed E-state index contributed by atoms with van der Waals surface area (Å²) in [6, 6.07) is 14.0. The van der Waals surface area contributed by atoms with Crippen LogP contribution in [0.3, 0.4) is 0 Å². The average Bonchev–Trinajstić information content (AvgIpc) is 2.68. The number of benzene rings is 2. The molecule has 0 saturated carbocycles. The molecule has 2 amide bonds. The van der Waals surface area contributed by atoms with Crippen molar-refractivity contribution < 1.29 is 14.3 Å². The monoisotopic (exact) mass is 355 g/mol. The lowest BCUT2D eigenvalue weighted by molar-refractivity contribution is 0.0943. The predicted molar refractivity (Wildman–Crippen MR) is 102 cm³/mol. The smallest absolute Gasteiger partial charge is 0.255 e. The van der Waals surface area contributed by atoms with Gasteiger partial charge >= 0.3 is 0 Å². The van der Waals surface area contributed by atoms with Crippen molar-refractivity contribution in [3.8, 4) is 0 Å². The Bertz CT molecular complexity index is 729. The van der Waals surface area contributed by atoms with Crippen LogP contribution in [0.1, 0.15) is 39.6 Å². The van der Waals surface area contributed by atoms with Gasteiger partial charge in [-0.25, -0.2) is 0 Å². The van der Waals surface area contributed by atoms with Crippen LogP contribution in [-0.2, 0) is 11.3 Å². The van der Waals surface area contributed by atoms with Gasteiger partial charge in [0.25, 0.3) is 11.8 Å². The van der Waals surface area contributed by atoms with Gasteiger partial charge in [0, 0.05) is 43.1 Å². The predicted octanol–water partition coefficient (Wildman–Crippen LogP) is 2.55. The summed E-state index contributed by atoms with van der Waals surface area (Å²) in [7, 11) is 0. The number of carbonyl (C=O) groups is 2. The van der Waals surface area contributed by atoms with Crippen molar-refractivity contribution in [3.05, 3.63) is 65.2 Å². The second-order valence-electron chi connectivity index (χ2n) is 5.74. The second kappa shape index (κ2) is 10.3. The molecule has 0 aliphatic heterocycles. The van der Waals surface area contributed by atoms with Crippen LogP contribution >= 0.6 is 0 Å². The first-order valence-corrected chi connectivity index (χ1v) is 8.70. The topological polar surface area (TPSA) is 93.5 Å². The van der Waals surface area contributed by atoms with E-state index in [1.807, 2.05) is 19.1 Å². The van der Waals surface area contributed by atoms with Gasteiger partial charge in [0.2, 0.25) is 0 Å². The molecule has 2 rings (SSSR count). The van der Waals surface area contributed by atoms with Gasteiger partial charge in [-0.1, -0.05) is 18.2 Å². The summed E-state index contributed by atoms with van der Waals surface area (Å²) in [4.78, 5) is 24.5. The Labute approximate surface area is 153 Å². The van der Waals surface area contributed by atoms with Gasteiger partial charge in [-0.3, -0.25) is 9.59 Å². The lowest BCUT2D eigenvalue weighted by atomic mass is 10.1. The fourth-order valence-corrected chi connectivity index (χ4v) is 2.36. The van der Waals surface area contributed by atoms with Crippen LogP contribution in [0.2, 0.25) is 0 Å². The van der Waals surface area contributed by atoms with E-state index in [0.717, 1.165) is 12.0 Å². The summed E-state index contributed by atoms with van der Waals surface area (Å²) in [5.74, 6) is -0.409. The lowest BCUT2D eigenvalue weighted by Gasteiger charge is -2.09. The van der Waals surface area contributed by atoms with Gasteiger partial charge in [-0.2, -0.15) is 0 Å². The fourth-order valence-electron chi connectivity index (χ4n) is 2.36. The number of nitrogens with one attached hydrogen (secondary N) is 2. The molecule has 138 valence electrons. The number of amides is 2. The molecule has 4 N–H and O–H groups in total. The average molecular weight is 355 g/mol. The third-order valence-corrected chi connectivity index (χ3v) is 3.79. The Balaban J connectivity index is 1.93. The molecule has 0 atom stereocenters. The van der Waals surface area contributed by atoms with Crippen molar-refractivity contribution in [2.24, 2.45) is 5.73 Å². The minimum atomic E-state index is -0.233. The number of carbonyl (C=O) groups excluding carboxylic acids is 2. The van der Waals surface area contributed by atoms with Crippen molar-refractivity contribution in [2.75, 3.05) is 25.1 Å². The molecule has 0 aliphatic carbocycles. The molecule has 6 heteroatoms. The van der Waals surface area contributed by atoms with Gasteiger partial charge in [0.15, 0.2) is 0 Å². The van der Waals surface area contributed by atoms with Crippen LogP contribution in [-0.4, -0.2) is 31.6 Å². The largest absolute Gasteiger partial charge is 0.382 e. The van der Waals surface area contributed by atoms with Gasteiger partial charge in [-0.05, 0) is 49.2 Å². The highest BCUT2D eigenvalue weighted by Crippen LogP contribution is 2.13. The molecule has 0 heterocycles. The Morgan fingerprint density at radius 3 is 2.50 bits per heavy atom. The minimum absolute atomic E-state index is 0.176. The van der Waals surface area contributed by atoms with Crippen LogP contribution in [0, 0.1) is 0 Å². The third-order valence-electron chi connectivity index (χ3n) is 3.79. The summed E-state index contributed by atoms with van der Waals surface area (Å²) in [6.45, 7) is 4.21. The van der Waals surface area contributed by atoms with Crippen molar-refractivity contribution in [2.45, 2.75) is 19.9 Å². The van der Waals surface area contributed by atoms with Crippen molar-refractivity contribution in [1.29, 1.82) is 0 Å². The first-order valence-electron chi connectivity index (χ1n) is 8.70. The molecule has 0 bridgehead atoms. The number of rotatable bonds is 9. The van der Waals surface area contributed by atoms with Gasteiger partial charge < -0.3 is 21.1 Å². The van der Waals surface area contributed by atoms with Gasteiger partial charge in [0.05, 0.1) is 0 Å². The molecule has 0 spiro atoms. The minimum Gasteiger partial charge on any atom is -0.382 e. The highest BCUT2D eigenvalue weighted by Gasteiger charge is 2.09. The van der Waals surface area contributed by atoms with E-state index in [-0.39, 0.29) is 11.8 Å². The molecule has 0 fully saturated rings. The zero-order valence-electron chi connectivity index (χ0n) is 15.0. The molecule has 6 nitrogen and oxygen atoms in total. The molecule has 0 saturated heterocycles. The molecular weight excluding hydrogens is 330 g/mol. The molecule has 0 unspecified atom stereocenters. The molecule has 26 heavy (non-hydrogen) atoms. The summed E-state index contributed by atoms with van der Waals surface area (Å²) < 4.78 is 5.23. The molecule has 0 aliphatic rings. The number of hydrogen-bond donors (Lipinski definition) is 3. The quantitative estimate of drug-likeness (QED) is 0.603. The van der Waals surface area contributed by atoms with Crippen LogP contribution in [0.25, 0.3) is 0 Å². The summed E-state index contributed by atoms with van der Waals surface area (Å²) in [6.07, 6.45) is 0.759. The second-order valence-corrected chi connectivity index (χ2v) is 5.74. The Morgan fingerprint density at radius 2 is 1.81 bits per heavy atom. The molecular formula is C20H25N3O3. The third kappa shape index (κ3) is 5.98. The highest BCUT2D eigenvalue weighted by atomic mass is 16.5. The van der Waals surface area contributed by atoms with E-state index >= 15 is 0 Å². The number of hydrogen-bond acceptors (Lipinski definition) is 4. The zero-order chi connectivity index (χ0) is 18.8. The fraction of sp³-hybridized carbons (Fsp3) is 0.300. The Morgan fingerprint density at radius 1 is 1.04 bits per heavy atom. The van der Waals surface area contributed by atoms with Gasteiger partial charge in [-0.15, -0.1) is 0 Å². The van der Waals surface area contributed by atoms with Crippen LogP contribution in [0.4, 0.5) is 5.69 Å². The number of ether oxygens (including phenoxy) is 1. The lowest BCUT2D eigenvalue weighted by Crippen LogP contribution is -2.25. The molecule has 0 radical (unpaired) electrons. The standard InChI is InChI=1S/C20H25N3O3/c1-2-26-12-4-11-22-19(24)17-5-3-6-18(13-17)23-20(25)16-9-7-15(14-21)8-10-16/h3,5-10,13H,2,4,11-12,14,21H2,1H3,(H,22,24)(H,23,25). The van der Waals surface area contributed by atoms with E-state index in [1.165, 1.54) is 0 Å². The van der Waals surface area contributed by atoms with Crippen LogP contribution in [0.5, 0.6) is 0 Å². The Hall–Kier alpha value is -2.70. The van der Waals surface area contributed by atoms with Crippen molar-refractivity contribution >= 4 is 17.5 Å². The van der Waals surface area contributed by atoms with E-state index in [2.05, 4.69) is 10.6 Å². The summed E-state index contributed by atoms with van der Waals surface area (Å²) >= 11 is 0. The van der Waals surface area contributed by atoms with Gasteiger partial charge in [0.1, 0.15) is 0 Å². The first-order chi connectivity index (χ1) is 12.6. The SMILES string of the molecule is CCOCCCNC(=O)c1cccc(NC(=O)c2ccc(CN)cc2)c1. The normalized spacial score (nSPS) is 10.4. The first kappa shape index (κ1) is 19.6. The maximum atomic E-state index is 12.3. The van der Waals surface area contributed by atoms with Crippen LogP contribution < -0.4 is 16.4 Å². The number of nitrogens with two attached hydrogens (primary N) is 1.